The first-order chi connectivity index (χ1) is 14.1. The van der Waals surface area contributed by atoms with Crippen LogP contribution in [0.1, 0.15) is 40.5 Å². The lowest BCUT2D eigenvalue weighted by Gasteiger charge is -2.27. The number of amides is 1. The van der Waals surface area contributed by atoms with Crippen molar-refractivity contribution in [3.8, 4) is 5.75 Å². The van der Waals surface area contributed by atoms with Gasteiger partial charge in [-0.1, -0.05) is 44.9 Å². The first-order valence-electron chi connectivity index (χ1n) is 10.0. The average Bonchev–Trinajstić information content (AvgIpc) is 2.66. The number of carbonyl (C=O) groups is 1. The van der Waals surface area contributed by atoms with E-state index in [-0.39, 0.29) is 24.0 Å². The Balaban J connectivity index is 2.45. The molecule has 0 fully saturated rings. The van der Waals surface area contributed by atoms with E-state index in [9.17, 15) is 14.4 Å². The first-order valence-corrected chi connectivity index (χ1v) is 10.4. The number of aromatic nitrogens is 2. The number of halogens is 1. The van der Waals surface area contributed by atoms with Gasteiger partial charge in [0.25, 0.3) is 11.5 Å². The van der Waals surface area contributed by atoms with Crippen LogP contribution in [0.4, 0.5) is 11.5 Å². The number of nitrogens with one attached hydrogen (secondary N) is 1. The van der Waals surface area contributed by atoms with E-state index < -0.39 is 23.3 Å². The van der Waals surface area contributed by atoms with Crippen LogP contribution in [0.25, 0.3) is 0 Å². The third-order valence-corrected chi connectivity index (χ3v) is 4.72. The van der Waals surface area contributed by atoms with Crippen molar-refractivity contribution in [1.29, 1.82) is 0 Å². The number of nitrogens with zero attached hydrogens (tertiary/aromatic N) is 2. The summed E-state index contributed by atoms with van der Waals surface area (Å²) < 4.78 is 7.03. The minimum Gasteiger partial charge on any atom is -0.481 e. The molecule has 0 spiro atoms. The van der Waals surface area contributed by atoms with E-state index in [1.54, 1.807) is 31.2 Å². The molecule has 1 aromatic carbocycles. The number of benzene rings is 1. The third kappa shape index (κ3) is 5.66. The Bertz CT molecular complexity index is 999. The molecule has 0 bridgehead atoms. The van der Waals surface area contributed by atoms with Gasteiger partial charge in [-0.3, -0.25) is 19.1 Å². The predicted octanol–water partition coefficient (Wildman–Crippen LogP) is 3.03. The van der Waals surface area contributed by atoms with Gasteiger partial charge in [0.2, 0.25) is 0 Å². The van der Waals surface area contributed by atoms with Gasteiger partial charge < -0.3 is 15.4 Å². The van der Waals surface area contributed by atoms with Crippen molar-refractivity contribution in [1.82, 2.24) is 9.55 Å². The molecule has 2 aromatic rings. The van der Waals surface area contributed by atoms with Crippen LogP contribution in [0.3, 0.4) is 0 Å². The van der Waals surface area contributed by atoms with Gasteiger partial charge in [-0.05, 0) is 37.5 Å². The Morgan fingerprint density at radius 3 is 2.60 bits per heavy atom. The van der Waals surface area contributed by atoms with Crippen LogP contribution in [0, 0.1) is 5.92 Å². The van der Waals surface area contributed by atoms with Crippen LogP contribution in [-0.2, 0) is 11.3 Å². The fraction of sp³-hybridized carbons (Fsp3) is 0.476. The molecule has 0 saturated heterocycles. The van der Waals surface area contributed by atoms with Crippen LogP contribution in [0.15, 0.2) is 33.9 Å². The van der Waals surface area contributed by atoms with Crippen molar-refractivity contribution in [2.24, 2.45) is 5.92 Å². The lowest BCUT2D eigenvalue weighted by atomic mass is 10.2. The molecular formula is C21H29ClN4O4. The number of nitrogens with two attached hydrogens (primary N) is 1. The molecule has 0 aliphatic carbocycles. The number of carbonyl (C=O) groups excluding carboxylic acids is 1. The second-order valence-electron chi connectivity index (χ2n) is 7.56. The standard InChI is InChI=1S/C21H29ClN4O4/c1-5-6-10-25(20(28)14(4)30-16-9-7-8-15(22)11-16)17-18(23)26(12-13(2)3)21(29)24-19(17)27/h7-9,11,13-14H,5-6,10,12,23H2,1-4H3,(H,24,27,29). The third-order valence-electron chi connectivity index (χ3n) is 4.49. The van der Waals surface area contributed by atoms with Crippen LogP contribution >= 0.6 is 11.6 Å². The number of hydrogen-bond acceptors (Lipinski definition) is 5. The number of unbranched alkanes of at least 4 members (excludes halogenated alkanes) is 1. The summed E-state index contributed by atoms with van der Waals surface area (Å²) in [6, 6.07) is 6.71. The molecular weight excluding hydrogens is 408 g/mol. The summed E-state index contributed by atoms with van der Waals surface area (Å²) in [7, 11) is 0. The summed E-state index contributed by atoms with van der Waals surface area (Å²) in [6.45, 7) is 8.01. The Morgan fingerprint density at radius 2 is 2.00 bits per heavy atom. The number of nitrogen functional groups attached to an aromatic ring is 1. The zero-order valence-corrected chi connectivity index (χ0v) is 18.5. The summed E-state index contributed by atoms with van der Waals surface area (Å²) in [5.41, 5.74) is 4.88. The molecule has 9 heteroatoms. The summed E-state index contributed by atoms with van der Waals surface area (Å²) in [6.07, 6.45) is 0.554. The van der Waals surface area contributed by atoms with Gasteiger partial charge >= 0.3 is 5.69 Å². The highest BCUT2D eigenvalue weighted by Crippen LogP contribution is 2.22. The highest BCUT2D eigenvalue weighted by Gasteiger charge is 2.28. The maximum atomic E-state index is 13.2. The minimum absolute atomic E-state index is 0.0307. The first kappa shape index (κ1) is 23.5. The van der Waals surface area contributed by atoms with Gasteiger partial charge in [-0.2, -0.15) is 0 Å². The number of hydrogen-bond donors (Lipinski definition) is 2. The van der Waals surface area contributed by atoms with Gasteiger partial charge in [0.15, 0.2) is 11.8 Å². The maximum absolute atomic E-state index is 13.2. The zero-order chi connectivity index (χ0) is 22.4. The second kappa shape index (κ2) is 10.3. The van der Waals surface area contributed by atoms with Crippen molar-refractivity contribution in [3.63, 3.8) is 0 Å². The predicted molar refractivity (Wildman–Crippen MR) is 119 cm³/mol. The smallest absolute Gasteiger partial charge is 0.330 e. The SMILES string of the molecule is CCCCN(C(=O)C(C)Oc1cccc(Cl)c1)c1c(N)n(CC(C)C)c(=O)[nH]c1=O. The van der Waals surface area contributed by atoms with E-state index in [0.29, 0.717) is 23.7 Å². The molecule has 0 aliphatic heterocycles. The fourth-order valence-electron chi connectivity index (χ4n) is 3.05. The van der Waals surface area contributed by atoms with Crippen LogP contribution < -0.4 is 26.6 Å². The molecule has 1 unspecified atom stereocenters. The topological polar surface area (TPSA) is 110 Å². The second-order valence-corrected chi connectivity index (χ2v) is 7.99. The van der Waals surface area contributed by atoms with Crippen LogP contribution in [0.2, 0.25) is 5.02 Å². The van der Waals surface area contributed by atoms with E-state index in [0.717, 1.165) is 6.42 Å². The fourth-order valence-corrected chi connectivity index (χ4v) is 3.23. The van der Waals surface area contributed by atoms with Crippen molar-refractivity contribution < 1.29 is 9.53 Å². The van der Waals surface area contributed by atoms with Crippen LogP contribution in [-0.4, -0.2) is 28.1 Å². The Kier molecular flexibility index (Phi) is 8.11. The van der Waals surface area contributed by atoms with Crippen molar-refractivity contribution in [2.45, 2.75) is 53.2 Å². The van der Waals surface area contributed by atoms with Crippen LogP contribution in [0.5, 0.6) is 5.75 Å². The molecule has 3 N–H and O–H groups in total. The van der Waals surface area contributed by atoms with E-state index in [4.69, 9.17) is 22.1 Å². The van der Waals surface area contributed by atoms with Gasteiger partial charge in [0.05, 0.1) is 0 Å². The Morgan fingerprint density at radius 1 is 1.30 bits per heavy atom. The van der Waals surface area contributed by atoms with Gasteiger partial charge in [0, 0.05) is 18.1 Å². The lowest BCUT2D eigenvalue weighted by Crippen LogP contribution is -2.46. The highest BCUT2D eigenvalue weighted by atomic mass is 35.5. The zero-order valence-electron chi connectivity index (χ0n) is 17.8. The van der Waals surface area contributed by atoms with Gasteiger partial charge in [-0.25, -0.2) is 4.79 Å². The molecule has 1 aromatic heterocycles. The highest BCUT2D eigenvalue weighted by molar-refractivity contribution is 6.30. The summed E-state index contributed by atoms with van der Waals surface area (Å²) in [5.74, 6) is 0.0892. The molecule has 0 radical (unpaired) electrons. The van der Waals surface area contributed by atoms with Crippen molar-refractivity contribution in [3.05, 3.63) is 50.1 Å². The molecule has 1 amide bonds. The molecule has 0 saturated carbocycles. The lowest BCUT2D eigenvalue weighted by molar-refractivity contribution is -0.124. The number of anilines is 2. The quantitative estimate of drug-likeness (QED) is 0.627. The monoisotopic (exact) mass is 436 g/mol. The van der Waals surface area contributed by atoms with Crippen molar-refractivity contribution in [2.75, 3.05) is 17.2 Å². The summed E-state index contributed by atoms with van der Waals surface area (Å²) in [5, 5.41) is 0.483. The van der Waals surface area contributed by atoms with E-state index in [2.05, 4.69) is 4.98 Å². The molecule has 164 valence electrons. The average molecular weight is 437 g/mol. The van der Waals surface area contributed by atoms with Gasteiger partial charge in [-0.15, -0.1) is 0 Å². The minimum atomic E-state index is -0.899. The van der Waals surface area contributed by atoms with E-state index in [1.165, 1.54) is 9.47 Å². The number of H-pyrrole nitrogens is 1. The molecule has 1 heterocycles. The Labute approximate surface area is 180 Å². The molecule has 0 aliphatic rings. The Hall–Kier alpha value is -2.74. The summed E-state index contributed by atoms with van der Waals surface area (Å²) >= 11 is 5.98. The molecule has 2 rings (SSSR count). The largest absolute Gasteiger partial charge is 0.481 e. The molecule has 8 nitrogen and oxygen atoms in total. The van der Waals surface area contributed by atoms with E-state index in [1.807, 2.05) is 20.8 Å². The normalized spacial score (nSPS) is 12.1. The van der Waals surface area contributed by atoms with Gasteiger partial charge in [0.1, 0.15) is 11.6 Å². The molecule has 1 atom stereocenters. The number of ether oxygens (including phenoxy) is 1. The number of rotatable bonds is 9. The maximum Gasteiger partial charge on any atom is 0.330 e. The van der Waals surface area contributed by atoms with E-state index >= 15 is 0 Å². The summed E-state index contributed by atoms with van der Waals surface area (Å²) in [4.78, 5) is 41.7. The van der Waals surface area contributed by atoms with Crippen molar-refractivity contribution >= 4 is 29.0 Å². The number of aromatic amines is 1. The molecule has 30 heavy (non-hydrogen) atoms.